The molecule has 1 aliphatic carbocycles. The van der Waals surface area contributed by atoms with E-state index in [1.807, 2.05) is 13.8 Å². The first-order chi connectivity index (χ1) is 9.61. The number of carbonyl (C=O) groups excluding carboxylic acids is 1. The summed E-state index contributed by atoms with van der Waals surface area (Å²) < 4.78 is 5.25. The molecule has 6 heteroatoms. The van der Waals surface area contributed by atoms with E-state index < -0.39 is 0 Å². The lowest BCUT2D eigenvalue weighted by molar-refractivity contribution is -0.125. The standard InChI is InChI=1S/C14H24N4O2/c1-9(2)14-17-12(18-20-14)10-3-5-11(6-4-10)13(19)16-8-7-15/h9-11H,3-8,15H2,1-2H3,(H,16,19). The molecular formula is C14H24N4O2. The van der Waals surface area contributed by atoms with E-state index in [-0.39, 0.29) is 17.7 Å². The molecule has 3 N–H and O–H groups in total. The minimum absolute atomic E-state index is 0.106. The highest BCUT2D eigenvalue weighted by molar-refractivity contribution is 5.78. The van der Waals surface area contributed by atoms with Crippen molar-refractivity contribution in [3.63, 3.8) is 0 Å². The zero-order valence-electron chi connectivity index (χ0n) is 12.3. The Morgan fingerprint density at radius 3 is 2.65 bits per heavy atom. The van der Waals surface area contributed by atoms with Crippen LogP contribution >= 0.6 is 0 Å². The van der Waals surface area contributed by atoms with Crippen molar-refractivity contribution in [3.8, 4) is 0 Å². The van der Waals surface area contributed by atoms with Crippen molar-refractivity contribution in [2.75, 3.05) is 13.1 Å². The van der Waals surface area contributed by atoms with Gasteiger partial charge in [-0.25, -0.2) is 0 Å². The van der Waals surface area contributed by atoms with Gasteiger partial charge in [0.05, 0.1) is 0 Å². The third-order valence-electron chi connectivity index (χ3n) is 3.86. The molecule has 112 valence electrons. The van der Waals surface area contributed by atoms with Gasteiger partial charge in [0.1, 0.15) is 0 Å². The van der Waals surface area contributed by atoms with Crippen molar-refractivity contribution < 1.29 is 9.32 Å². The molecule has 0 aliphatic heterocycles. The topological polar surface area (TPSA) is 94.0 Å². The Kier molecular flexibility index (Phi) is 5.11. The Morgan fingerprint density at radius 2 is 2.10 bits per heavy atom. The predicted octanol–water partition coefficient (Wildman–Crippen LogP) is 1.54. The number of carbonyl (C=O) groups is 1. The van der Waals surface area contributed by atoms with Crippen molar-refractivity contribution >= 4 is 5.91 Å². The minimum Gasteiger partial charge on any atom is -0.355 e. The molecule has 0 spiro atoms. The van der Waals surface area contributed by atoms with E-state index in [9.17, 15) is 4.79 Å². The van der Waals surface area contributed by atoms with Gasteiger partial charge in [-0.1, -0.05) is 19.0 Å². The fraction of sp³-hybridized carbons (Fsp3) is 0.786. The second-order valence-corrected chi connectivity index (χ2v) is 5.77. The Morgan fingerprint density at radius 1 is 1.40 bits per heavy atom. The summed E-state index contributed by atoms with van der Waals surface area (Å²) in [6, 6.07) is 0. The van der Waals surface area contributed by atoms with Gasteiger partial charge >= 0.3 is 0 Å². The maximum atomic E-state index is 11.9. The molecule has 1 fully saturated rings. The van der Waals surface area contributed by atoms with E-state index in [0.29, 0.717) is 24.9 Å². The summed E-state index contributed by atoms with van der Waals surface area (Å²) in [4.78, 5) is 16.3. The lowest BCUT2D eigenvalue weighted by Crippen LogP contribution is -2.35. The Balaban J connectivity index is 1.85. The summed E-state index contributed by atoms with van der Waals surface area (Å²) in [7, 11) is 0. The quantitative estimate of drug-likeness (QED) is 0.853. The summed E-state index contributed by atoms with van der Waals surface area (Å²) in [6.07, 6.45) is 3.65. The SMILES string of the molecule is CC(C)c1nc(C2CCC(C(=O)NCCN)CC2)no1. The van der Waals surface area contributed by atoms with Crippen LogP contribution in [-0.4, -0.2) is 29.1 Å². The van der Waals surface area contributed by atoms with Crippen LogP contribution in [-0.2, 0) is 4.79 Å². The zero-order valence-corrected chi connectivity index (χ0v) is 12.3. The molecule has 0 aromatic carbocycles. The average Bonchev–Trinajstić information content (AvgIpc) is 2.95. The molecule has 20 heavy (non-hydrogen) atoms. The van der Waals surface area contributed by atoms with E-state index in [1.165, 1.54) is 0 Å². The number of amides is 1. The number of nitrogens with zero attached hydrogens (tertiary/aromatic N) is 2. The molecule has 1 heterocycles. The number of hydrogen-bond donors (Lipinski definition) is 2. The van der Waals surface area contributed by atoms with Gasteiger partial charge in [0, 0.05) is 30.8 Å². The molecule has 0 unspecified atom stereocenters. The molecule has 0 atom stereocenters. The van der Waals surface area contributed by atoms with Crippen LogP contribution < -0.4 is 11.1 Å². The Labute approximate surface area is 119 Å². The molecule has 1 aliphatic rings. The summed E-state index contributed by atoms with van der Waals surface area (Å²) >= 11 is 0. The van der Waals surface area contributed by atoms with Gasteiger partial charge in [0.2, 0.25) is 11.8 Å². The number of aromatic nitrogens is 2. The van der Waals surface area contributed by atoms with Crippen LogP contribution in [0.2, 0.25) is 0 Å². The molecule has 1 aromatic heterocycles. The lowest BCUT2D eigenvalue weighted by Gasteiger charge is -2.25. The lowest BCUT2D eigenvalue weighted by atomic mass is 9.81. The van der Waals surface area contributed by atoms with E-state index in [2.05, 4.69) is 15.5 Å². The van der Waals surface area contributed by atoms with Crippen molar-refractivity contribution in [1.29, 1.82) is 0 Å². The highest BCUT2D eigenvalue weighted by Crippen LogP contribution is 2.34. The average molecular weight is 280 g/mol. The third kappa shape index (κ3) is 3.56. The van der Waals surface area contributed by atoms with Gasteiger partial charge in [-0.2, -0.15) is 4.98 Å². The molecular weight excluding hydrogens is 256 g/mol. The van der Waals surface area contributed by atoms with Gasteiger partial charge in [0.25, 0.3) is 0 Å². The van der Waals surface area contributed by atoms with Gasteiger partial charge in [-0.3, -0.25) is 4.79 Å². The van der Waals surface area contributed by atoms with E-state index in [4.69, 9.17) is 10.3 Å². The van der Waals surface area contributed by atoms with Crippen LogP contribution in [0.1, 0.15) is 63.1 Å². The number of nitrogens with two attached hydrogens (primary N) is 1. The summed E-state index contributed by atoms with van der Waals surface area (Å²) in [5, 5.41) is 6.94. The van der Waals surface area contributed by atoms with Crippen LogP contribution in [0.4, 0.5) is 0 Å². The van der Waals surface area contributed by atoms with Crippen LogP contribution in [0, 0.1) is 5.92 Å². The molecule has 1 aromatic rings. The van der Waals surface area contributed by atoms with E-state index in [0.717, 1.165) is 31.5 Å². The van der Waals surface area contributed by atoms with Crippen LogP contribution in [0.15, 0.2) is 4.52 Å². The molecule has 1 saturated carbocycles. The Hall–Kier alpha value is -1.43. The van der Waals surface area contributed by atoms with Crippen molar-refractivity contribution in [1.82, 2.24) is 15.5 Å². The molecule has 6 nitrogen and oxygen atoms in total. The summed E-state index contributed by atoms with van der Waals surface area (Å²) in [5.41, 5.74) is 5.39. The smallest absolute Gasteiger partial charge is 0.229 e. The second kappa shape index (κ2) is 6.83. The number of nitrogens with one attached hydrogen (secondary N) is 1. The molecule has 1 amide bonds. The predicted molar refractivity (Wildman–Crippen MR) is 75.2 cm³/mol. The summed E-state index contributed by atoms with van der Waals surface area (Å²) in [6.45, 7) is 5.12. The first-order valence-electron chi connectivity index (χ1n) is 7.43. The number of rotatable bonds is 5. The Bertz CT molecular complexity index is 436. The van der Waals surface area contributed by atoms with Gasteiger partial charge < -0.3 is 15.6 Å². The molecule has 2 rings (SSSR count). The van der Waals surface area contributed by atoms with Crippen molar-refractivity contribution in [2.24, 2.45) is 11.7 Å². The van der Waals surface area contributed by atoms with Gasteiger partial charge in [-0.05, 0) is 25.7 Å². The first-order valence-corrected chi connectivity index (χ1v) is 7.43. The van der Waals surface area contributed by atoms with Crippen LogP contribution in [0.25, 0.3) is 0 Å². The van der Waals surface area contributed by atoms with Crippen molar-refractivity contribution in [2.45, 2.75) is 51.4 Å². The third-order valence-corrected chi connectivity index (χ3v) is 3.86. The minimum atomic E-state index is 0.106. The fourth-order valence-corrected chi connectivity index (χ4v) is 2.60. The maximum Gasteiger partial charge on any atom is 0.229 e. The summed E-state index contributed by atoms with van der Waals surface area (Å²) in [5.74, 6) is 2.32. The molecule has 0 saturated heterocycles. The normalized spacial score (nSPS) is 23.0. The molecule has 0 bridgehead atoms. The van der Waals surface area contributed by atoms with E-state index in [1.54, 1.807) is 0 Å². The van der Waals surface area contributed by atoms with Gasteiger partial charge in [0.15, 0.2) is 5.82 Å². The largest absolute Gasteiger partial charge is 0.355 e. The van der Waals surface area contributed by atoms with Crippen molar-refractivity contribution in [3.05, 3.63) is 11.7 Å². The maximum absolute atomic E-state index is 11.9. The highest BCUT2D eigenvalue weighted by Gasteiger charge is 2.29. The second-order valence-electron chi connectivity index (χ2n) is 5.77. The van der Waals surface area contributed by atoms with Gasteiger partial charge in [-0.15, -0.1) is 0 Å². The molecule has 0 radical (unpaired) electrons. The van der Waals surface area contributed by atoms with Crippen LogP contribution in [0.5, 0.6) is 0 Å². The zero-order chi connectivity index (χ0) is 14.5. The highest BCUT2D eigenvalue weighted by atomic mass is 16.5. The first kappa shape index (κ1) is 15.0. The monoisotopic (exact) mass is 280 g/mol. The fourth-order valence-electron chi connectivity index (χ4n) is 2.60. The van der Waals surface area contributed by atoms with E-state index >= 15 is 0 Å². The van der Waals surface area contributed by atoms with Crippen LogP contribution in [0.3, 0.4) is 0 Å². The number of hydrogen-bond acceptors (Lipinski definition) is 5.